The number of anilines is 1. The molecule has 30 heavy (non-hydrogen) atoms. The zero-order valence-corrected chi connectivity index (χ0v) is 17.3. The molecular formula is C20H17BrN4O5. The fourth-order valence-electron chi connectivity index (χ4n) is 2.81. The van der Waals surface area contributed by atoms with Crippen LogP contribution in [-0.2, 0) is 16.1 Å². The number of amides is 1. The summed E-state index contributed by atoms with van der Waals surface area (Å²) in [6.07, 6.45) is 3.07. The number of carbonyl (C=O) groups excluding carboxylic acids is 2. The number of nitrogens with one attached hydrogen (secondary N) is 1. The maximum Gasteiger partial charge on any atom is 0.338 e. The highest BCUT2D eigenvalue weighted by atomic mass is 79.9. The van der Waals surface area contributed by atoms with E-state index in [1.165, 1.54) is 6.33 Å². The van der Waals surface area contributed by atoms with E-state index in [9.17, 15) is 9.59 Å². The lowest BCUT2D eigenvalue weighted by atomic mass is 10.1. The van der Waals surface area contributed by atoms with Gasteiger partial charge in [-0.25, -0.2) is 14.5 Å². The summed E-state index contributed by atoms with van der Waals surface area (Å²) in [6.45, 7) is 1.04. The lowest BCUT2D eigenvalue weighted by Gasteiger charge is -2.20. The quantitative estimate of drug-likeness (QED) is 0.549. The van der Waals surface area contributed by atoms with Gasteiger partial charge in [0.15, 0.2) is 18.1 Å². The number of hydrogen-bond acceptors (Lipinski definition) is 7. The van der Waals surface area contributed by atoms with Gasteiger partial charge in [0.05, 0.1) is 17.8 Å². The minimum atomic E-state index is -0.585. The molecule has 10 heteroatoms. The van der Waals surface area contributed by atoms with Gasteiger partial charge in [0.2, 0.25) is 0 Å². The summed E-state index contributed by atoms with van der Waals surface area (Å²) < 4.78 is 18.4. The van der Waals surface area contributed by atoms with Gasteiger partial charge in [-0.15, -0.1) is 0 Å². The topological polar surface area (TPSA) is 105 Å². The van der Waals surface area contributed by atoms with Crippen LogP contribution in [-0.4, -0.2) is 46.5 Å². The lowest BCUT2D eigenvalue weighted by molar-refractivity contribution is -0.119. The van der Waals surface area contributed by atoms with Gasteiger partial charge in [-0.3, -0.25) is 4.79 Å². The summed E-state index contributed by atoms with van der Waals surface area (Å²) in [5.74, 6) is 0.0924. The molecule has 154 valence electrons. The van der Waals surface area contributed by atoms with Gasteiger partial charge in [-0.05, 0) is 33.6 Å². The summed E-state index contributed by atoms with van der Waals surface area (Å²) in [5.41, 5.74) is 1.81. The molecule has 1 aromatic heterocycles. The predicted molar refractivity (Wildman–Crippen MR) is 110 cm³/mol. The summed E-state index contributed by atoms with van der Waals surface area (Å²) in [5, 5.41) is 6.72. The Morgan fingerprint density at radius 1 is 1.13 bits per heavy atom. The van der Waals surface area contributed by atoms with Crippen molar-refractivity contribution < 1.29 is 23.8 Å². The molecule has 0 bridgehead atoms. The van der Waals surface area contributed by atoms with Gasteiger partial charge in [0.1, 0.15) is 25.9 Å². The normalized spacial score (nSPS) is 12.3. The minimum absolute atomic E-state index is 0.352. The van der Waals surface area contributed by atoms with Gasteiger partial charge < -0.3 is 19.5 Å². The Morgan fingerprint density at radius 2 is 1.87 bits per heavy atom. The predicted octanol–water partition coefficient (Wildman–Crippen LogP) is 2.66. The molecule has 2 aromatic carbocycles. The van der Waals surface area contributed by atoms with Crippen molar-refractivity contribution in [2.75, 3.05) is 25.1 Å². The monoisotopic (exact) mass is 472 g/mol. The third kappa shape index (κ3) is 4.77. The Bertz CT molecular complexity index is 1050. The van der Waals surface area contributed by atoms with Gasteiger partial charge in [0.25, 0.3) is 5.91 Å². The van der Waals surface area contributed by atoms with E-state index in [1.54, 1.807) is 47.4 Å². The number of nitrogens with zero attached hydrogens (tertiary/aromatic N) is 3. The summed E-state index contributed by atoms with van der Waals surface area (Å²) in [4.78, 5) is 28.3. The molecule has 0 saturated heterocycles. The van der Waals surface area contributed by atoms with Crippen LogP contribution in [0, 0.1) is 0 Å². The molecule has 2 heterocycles. The molecule has 1 aliphatic rings. The van der Waals surface area contributed by atoms with E-state index in [4.69, 9.17) is 14.2 Å². The van der Waals surface area contributed by atoms with Crippen LogP contribution in [0.2, 0.25) is 0 Å². The highest BCUT2D eigenvalue weighted by Crippen LogP contribution is 2.38. The standard InChI is InChI=1S/C20H17BrN4O5/c21-15-7-17-18(29-6-5-28-17)8-16(15)24-19(26)10-30-20(27)14-3-1-13(2-4-14)9-25-12-22-11-23-25/h1-4,7-8,11-12H,5-6,9-10H2,(H,24,26). The molecule has 0 spiro atoms. The van der Waals surface area contributed by atoms with Crippen molar-refractivity contribution in [3.05, 3.63) is 64.7 Å². The van der Waals surface area contributed by atoms with E-state index in [2.05, 4.69) is 31.3 Å². The highest BCUT2D eigenvalue weighted by molar-refractivity contribution is 9.10. The molecule has 1 aliphatic heterocycles. The molecule has 0 radical (unpaired) electrons. The first kappa shape index (κ1) is 19.9. The summed E-state index contributed by atoms with van der Waals surface area (Å²) in [6, 6.07) is 10.3. The Hall–Kier alpha value is -3.40. The zero-order chi connectivity index (χ0) is 20.9. The highest BCUT2D eigenvalue weighted by Gasteiger charge is 2.17. The van der Waals surface area contributed by atoms with Crippen LogP contribution < -0.4 is 14.8 Å². The van der Waals surface area contributed by atoms with E-state index in [-0.39, 0.29) is 0 Å². The summed E-state index contributed by atoms with van der Waals surface area (Å²) >= 11 is 3.38. The van der Waals surface area contributed by atoms with Crippen LogP contribution in [0.4, 0.5) is 5.69 Å². The summed E-state index contributed by atoms with van der Waals surface area (Å²) in [7, 11) is 0. The second-order valence-electron chi connectivity index (χ2n) is 6.39. The van der Waals surface area contributed by atoms with E-state index in [0.29, 0.717) is 47.0 Å². The molecule has 1 N–H and O–H groups in total. The number of carbonyl (C=O) groups is 2. The Morgan fingerprint density at radius 3 is 2.57 bits per heavy atom. The SMILES string of the molecule is O=C(COC(=O)c1ccc(Cn2cncn2)cc1)Nc1cc2c(cc1Br)OCCO2. The number of fused-ring (bicyclic) bond motifs is 1. The third-order valence-electron chi connectivity index (χ3n) is 4.24. The van der Waals surface area contributed by atoms with Crippen molar-refractivity contribution in [2.45, 2.75) is 6.54 Å². The minimum Gasteiger partial charge on any atom is -0.486 e. The largest absolute Gasteiger partial charge is 0.486 e. The second-order valence-corrected chi connectivity index (χ2v) is 7.24. The number of rotatable bonds is 6. The Labute approximate surface area is 180 Å². The van der Waals surface area contributed by atoms with E-state index < -0.39 is 18.5 Å². The third-order valence-corrected chi connectivity index (χ3v) is 4.90. The average molecular weight is 473 g/mol. The lowest BCUT2D eigenvalue weighted by Crippen LogP contribution is -2.21. The van der Waals surface area contributed by atoms with Crippen molar-refractivity contribution in [1.29, 1.82) is 0 Å². The maximum absolute atomic E-state index is 12.2. The number of benzene rings is 2. The molecule has 3 aromatic rings. The number of hydrogen-bond donors (Lipinski definition) is 1. The van der Waals surface area contributed by atoms with E-state index in [1.807, 2.05) is 0 Å². The van der Waals surface area contributed by atoms with Crippen LogP contribution in [0.3, 0.4) is 0 Å². The van der Waals surface area contributed by atoms with Crippen LogP contribution in [0.15, 0.2) is 53.5 Å². The second kappa shape index (κ2) is 8.95. The van der Waals surface area contributed by atoms with Crippen molar-refractivity contribution in [3.8, 4) is 11.5 Å². The van der Waals surface area contributed by atoms with E-state index in [0.717, 1.165) is 5.56 Å². The van der Waals surface area contributed by atoms with Gasteiger partial charge in [0, 0.05) is 16.6 Å². The number of aromatic nitrogens is 3. The van der Waals surface area contributed by atoms with Crippen molar-refractivity contribution in [2.24, 2.45) is 0 Å². The van der Waals surface area contributed by atoms with Crippen LogP contribution in [0.25, 0.3) is 0 Å². The molecule has 4 rings (SSSR count). The molecule has 1 amide bonds. The first-order valence-electron chi connectivity index (χ1n) is 9.06. The average Bonchev–Trinajstić information content (AvgIpc) is 3.26. The van der Waals surface area contributed by atoms with Crippen molar-refractivity contribution in [3.63, 3.8) is 0 Å². The van der Waals surface area contributed by atoms with Crippen molar-refractivity contribution >= 4 is 33.5 Å². The number of esters is 1. The maximum atomic E-state index is 12.2. The number of halogens is 1. The Kier molecular flexibility index (Phi) is 5.94. The fourth-order valence-corrected chi connectivity index (χ4v) is 3.23. The fraction of sp³-hybridized carbons (Fsp3) is 0.200. The van der Waals surface area contributed by atoms with Gasteiger partial charge in [-0.2, -0.15) is 5.10 Å². The van der Waals surface area contributed by atoms with Gasteiger partial charge in [-0.1, -0.05) is 12.1 Å². The molecule has 0 atom stereocenters. The Balaban J connectivity index is 1.31. The first-order chi connectivity index (χ1) is 14.6. The number of ether oxygens (including phenoxy) is 3. The molecule has 0 unspecified atom stereocenters. The van der Waals surface area contributed by atoms with Crippen LogP contribution >= 0.6 is 15.9 Å². The smallest absolute Gasteiger partial charge is 0.338 e. The molecular weight excluding hydrogens is 456 g/mol. The van der Waals surface area contributed by atoms with E-state index >= 15 is 0 Å². The molecule has 9 nitrogen and oxygen atoms in total. The van der Waals surface area contributed by atoms with Gasteiger partial charge >= 0.3 is 5.97 Å². The van der Waals surface area contributed by atoms with Crippen LogP contribution in [0.5, 0.6) is 11.5 Å². The molecule has 0 aliphatic carbocycles. The first-order valence-corrected chi connectivity index (χ1v) is 9.85. The van der Waals surface area contributed by atoms with Crippen LogP contribution in [0.1, 0.15) is 15.9 Å². The molecule has 0 fully saturated rings. The molecule has 0 saturated carbocycles. The van der Waals surface area contributed by atoms with Crippen molar-refractivity contribution in [1.82, 2.24) is 14.8 Å². The zero-order valence-electron chi connectivity index (χ0n) is 15.7.